The molecule has 7 heteroatoms. The summed E-state index contributed by atoms with van der Waals surface area (Å²) >= 11 is 3.28. The van der Waals surface area contributed by atoms with Gasteiger partial charge in [-0.15, -0.1) is 0 Å². The minimum atomic E-state index is -1.24. The zero-order valence-corrected chi connectivity index (χ0v) is 11.9. The minimum Gasteiger partial charge on any atom is -0.419 e. The number of esters is 2. The Labute approximate surface area is 117 Å². The molecule has 1 aromatic heterocycles. The Balaban J connectivity index is 2.18. The molecule has 2 rings (SSSR count). The summed E-state index contributed by atoms with van der Waals surface area (Å²) in [6.07, 6.45) is 2.79. The quantitative estimate of drug-likeness (QED) is 0.508. The van der Waals surface area contributed by atoms with Gasteiger partial charge in [0.25, 0.3) is 5.79 Å². The van der Waals surface area contributed by atoms with Crippen LogP contribution < -0.4 is 5.32 Å². The van der Waals surface area contributed by atoms with Gasteiger partial charge in [0.2, 0.25) is 0 Å². The van der Waals surface area contributed by atoms with E-state index in [9.17, 15) is 9.59 Å². The van der Waals surface area contributed by atoms with E-state index < -0.39 is 17.7 Å². The van der Waals surface area contributed by atoms with Crippen molar-refractivity contribution in [1.82, 2.24) is 4.98 Å². The molecular formula is C12H11BrN2O4. The predicted octanol–water partition coefficient (Wildman–Crippen LogP) is 1.98. The zero-order chi connectivity index (χ0) is 14.0. The largest absolute Gasteiger partial charge is 0.419 e. The third kappa shape index (κ3) is 3.11. The van der Waals surface area contributed by atoms with Crippen molar-refractivity contribution >= 4 is 33.7 Å². The Morgan fingerprint density at radius 1 is 1.32 bits per heavy atom. The Hall–Kier alpha value is -1.89. The molecule has 0 spiro atoms. The number of hydrogen-bond acceptors (Lipinski definition) is 6. The monoisotopic (exact) mass is 326 g/mol. The van der Waals surface area contributed by atoms with Crippen molar-refractivity contribution in [3.63, 3.8) is 0 Å². The minimum absolute atomic E-state index is 0.211. The fourth-order valence-electron chi connectivity index (χ4n) is 1.41. The Morgan fingerprint density at radius 2 is 1.95 bits per heavy atom. The van der Waals surface area contributed by atoms with Crippen LogP contribution >= 0.6 is 15.9 Å². The van der Waals surface area contributed by atoms with Gasteiger partial charge in [-0.3, -0.25) is 0 Å². The number of hydrogen-bond donors (Lipinski definition) is 1. The summed E-state index contributed by atoms with van der Waals surface area (Å²) in [5.74, 6) is -2.24. The van der Waals surface area contributed by atoms with E-state index in [4.69, 9.17) is 9.47 Å². The van der Waals surface area contributed by atoms with E-state index in [0.29, 0.717) is 10.3 Å². The van der Waals surface area contributed by atoms with Crippen LogP contribution in [0.2, 0.25) is 0 Å². The molecule has 0 bridgehead atoms. The van der Waals surface area contributed by atoms with Crippen LogP contribution in [0.5, 0.6) is 0 Å². The number of cyclic esters (lactones) is 2. The molecule has 2 heterocycles. The summed E-state index contributed by atoms with van der Waals surface area (Å²) in [6.45, 7) is 2.98. The van der Waals surface area contributed by atoms with Crippen molar-refractivity contribution < 1.29 is 19.1 Å². The third-order valence-electron chi connectivity index (χ3n) is 2.23. The van der Waals surface area contributed by atoms with Gasteiger partial charge in [-0.1, -0.05) is 0 Å². The van der Waals surface area contributed by atoms with E-state index >= 15 is 0 Å². The van der Waals surface area contributed by atoms with Gasteiger partial charge >= 0.3 is 11.9 Å². The second kappa shape index (κ2) is 5.00. The van der Waals surface area contributed by atoms with Crippen LogP contribution in [0.25, 0.3) is 0 Å². The molecule has 0 aromatic carbocycles. The number of halogens is 1. The van der Waals surface area contributed by atoms with Crippen molar-refractivity contribution in [2.24, 2.45) is 0 Å². The maximum Gasteiger partial charge on any atom is 0.350 e. The fourth-order valence-corrected chi connectivity index (χ4v) is 1.78. The molecular weight excluding hydrogens is 316 g/mol. The maximum atomic E-state index is 11.7. The number of aromatic nitrogens is 1. The van der Waals surface area contributed by atoms with Gasteiger partial charge in [-0.25, -0.2) is 14.6 Å². The first-order valence-corrected chi connectivity index (χ1v) is 6.22. The van der Waals surface area contributed by atoms with Gasteiger partial charge in [0.05, 0.1) is 4.47 Å². The maximum absolute atomic E-state index is 11.7. The van der Waals surface area contributed by atoms with Gasteiger partial charge in [0.1, 0.15) is 5.82 Å². The van der Waals surface area contributed by atoms with Gasteiger partial charge in [0, 0.05) is 26.2 Å². The van der Waals surface area contributed by atoms with E-state index in [2.05, 4.69) is 26.2 Å². The molecule has 0 amide bonds. The van der Waals surface area contributed by atoms with Crippen molar-refractivity contribution in [3.8, 4) is 0 Å². The molecule has 19 heavy (non-hydrogen) atoms. The molecule has 1 fully saturated rings. The SMILES string of the molecule is CC1(C)OC(=O)C(=CNc2ncccc2Br)C(=O)O1. The predicted molar refractivity (Wildman–Crippen MR) is 69.9 cm³/mol. The molecule has 0 radical (unpaired) electrons. The van der Waals surface area contributed by atoms with Crippen molar-refractivity contribution in [1.29, 1.82) is 0 Å². The van der Waals surface area contributed by atoms with Crippen LogP contribution in [0.3, 0.4) is 0 Å². The highest BCUT2D eigenvalue weighted by Crippen LogP contribution is 2.23. The number of nitrogens with zero attached hydrogens (tertiary/aromatic N) is 1. The Kier molecular flexibility index (Phi) is 3.57. The first-order valence-electron chi connectivity index (χ1n) is 5.43. The van der Waals surface area contributed by atoms with E-state index in [1.54, 1.807) is 18.3 Å². The lowest BCUT2D eigenvalue weighted by Gasteiger charge is -2.29. The highest BCUT2D eigenvalue weighted by molar-refractivity contribution is 9.10. The number of rotatable bonds is 2. The molecule has 6 nitrogen and oxygen atoms in total. The second-order valence-electron chi connectivity index (χ2n) is 4.22. The number of carbonyl (C=O) groups excluding carboxylic acids is 2. The Bertz CT molecular complexity index is 547. The lowest BCUT2D eigenvalue weighted by atomic mass is 10.2. The lowest BCUT2D eigenvalue weighted by Crippen LogP contribution is -2.42. The number of nitrogens with one attached hydrogen (secondary N) is 1. The molecule has 0 unspecified atom stereocenters. The third-order valence-corrected chi connectivity index (χ3v) is 2.87. The van der Waals surface area contributed by atoms with Crippen molar-refractivity contribution in [2.75, 3.05) is 5.32 Å². The standard InChI is InChI=1S/C12H11BrN2O4/c1-12(2)18-10(16)7(11(17)19-12)6-15-9-8(13)4-3-5-14-9/h3-6H,1-2H3,(H,14,15). The molecule has 1 aromatic rings. The topological polar surface area (TPSA) is 77.5 Å². The van der Waals surface area contributed by atoms with Gasteiger partial charge in [-0.05, 0) is 28.1 Å². The second-order valence-corrected chi connectivity index (χ2v) is 5.07. The molecule has 1 N–H and O–H groups in total. The van der Waals surface area contributed by atoms with E-state index in [0.717, 1.165) is 0 Å². The summed E-state index contributed by atoms with van der Waals surface area (Å²) < 4.78 is 10.6. The first kappa shape index (κ1) is 13.5. The Morgan fingerprint density at radius 3 is 2.53 bits per heavy atom. The molecule has 1 aliphatic heterocycles. The average molecular weight is 327 g/mol. The van der Waals surface area contributed by atoms with E-state index in [1.165, 1.54) is 20.0 Å². The normalized spacial score (nSPS) is 17.5. The number of anilines is 1. The van der Waals surface area contributed by atoms with Crippen molar-refractivity contribution in [2.45, 2.75) is 19.6 Å². The van der Waals surface area contributed by atoms with Crippen molar-refractivity contribution in [3.05, 3.63) is 34.6 Å². The van der Waals surface area contributed by atoms with Gasteiger partial charge < -0.3 is 14.8 Å². The molecule has 1 saturated heterocycles. The summed E-state index contributed by atoms with van der Waals surface area (Å²) in [5, 5.41) is 2.75. The van der Waals surface area contributed by atoms with Crippen LogP contribution in [0.1, 0.15) is 13.8 Å². The summed E-state index contributed by atoms with van der Waals surface area (Å²) in [4.78, 5) is 27.4. The summed E-state index contributed by atoms with van der Waals surface area (Å²) in [5.41, 5.74) is -0.211. The van der Waals surface area contributed by atoms with Crippen LogP contribution in [0.15, 0.2) is 34.6 Å². The molecule has 100 valence electrons. The van der Waals surface area contributed by atoms with E-state index in [1.807, 2.05) is 0 Å². The summed E-state index contributed by atoms with van der Waals surface area (Å²) in [7, 11) is 0. The summed E-state index contributed by atoms with van der Waals surface area (Å²) in [6, 6.07) is 3.52. The molecule has 0 saturated carbocycles. The van der Waals surface area contributed by atoms with E-state index in [-0.39, 0.29) is 5.57 Å². The number of ether oxygens (including phenoxy) is 2. The van der Waals surface area contributed by atoms with Crippen LogP contribution in [-0.4, -0.2) is 22.7 Å². The molecule has 0 aliphatic carbocycles. The van der Waals surface area contributed by atoms with Gasteiger partial charge in [-0.2, -0.15) is 0 Å². The average Bonchev–Trinajstić information content (AvgIpc) is 2.28. The van der Waals surface area contributed by atoms with Crippen LogP contribution in [0.4, 0.5) is 5.82 Å². The number of carbonyl (C=O) groups is 2. The molecule has 1 aliphatic rings. The number of pyridine rings is 1. The molecule has 0 atom stereocenters. The fraction of sp³-hybridized carbons (Fsp3) is 0.250. The zero-order valence-electron chi connectivity index (χ0n) is 10.3. The van der Waals surface area contributed by atoms with Crippen LogP contribution in [0, 0.1) is 0 Å². The first-order chi connectivity index (χ1) is 8.89. The smallest absolute Gasteiger partial charge is 0.350 e. The highest BCUT2D eigenvalue weighted by Gasteiger charge is 2.38. The lowest BCUT2D eigenvalue weighted by molar-refractivity contribution is -0.222. The van der Waals surface area contributed by atoms with Crippen LogP contribution in [-0.2, 0) is 19.1 Å². The highest BCUT2D eigenvalue weighted by atomic mass is 79.9. The van der Waals surface area contributed by atoms with Gasteiger partial charge in [0.15, 0.2) is 5.57 Å².